The zero-order chi connectivity index (χ0) is 14.6. The van der Waals surface area contributed by atoms with Crippen LogP contribution in [0.3, 0.4) is 0 Å². The molecule has 0 aromatic heterocycles. The summed E-state index contributed by atoms with van der Waals surface area (Å²) in [7, 11) is 0. The third kappa shape index (κ3) is 8.47. The van der Waals surface area contributed by atoms with Gasteiger partial charge in [-0.05, 0) is 30.9 Å². The van der Waals surface area contributed by atoms with E-state index in [9.17, 15) is 0 Å². The Hall–Kier alpha value is -0.700. The van der Waals surface area contributed by atoms with Crippen molar-refractivity contribution in [1.82, 2.24) is 26.4 Å². The van der Waals surface area contributed by atoms with Gasteiger partial charge in [0.1, 0.15) is 0 Å². The van der Waals surface area contributed by atoms with E-state index >= 15 is 0 Å². The van der Waals surface area contributed by atoms with Crippen molar-refractivity contribution in [3.8, 4) is 0 Å². The summed E-state index contributed by atoms with van der Waals surface area (Å²) in [5, 5.41) is 7.35. The van der Waals surface area contributed by atoms with E-state index < -0.39 is 0 Å². The predicted octanol–water partition coefficient (Wildman–Crippen LogP) is -0.0381. The summed E-state index contributed by atoms with van der Waals surface area (Å²) in [6.45, 7) is 8.42. The van der Waals surface area contributed by atoms with E-state index in [0.717, 1.165) is 58.8 Å². The molecule has 1 saturated heterocycles. The van der Waals surface area contributed by atoms with Crippen LogP contribution < -0.4 is 21.5 Å². The summed E-state index contributed by atoms with van der Waals surface area (Å²) in [4.78, 5) is 2.35. The number of morpholine rings is 1. The van der Waals surface area contributed by atoms with Crippen LogP contribution in [-0.4, -0.2) is 61.1 Å². The maximum Gasteiger partial charge on any atom is 0.185 e. The third-order valence-corrected chi connectivity index (χ3v) is 3.42. The van der Waals surface area contributed by atoms with Crippen molar-refractivity contribution in [3.63, 3.8) is 0 Å². The van der Waals surface area contributed by atoms with Gasteiger partial charge in [-0.1, -0.05) is 13.3 Å². The molecule has 0 aliphatic carbocycles. The number of thiocarbonyl (C=S) groups is 2. The van der Waals surface area contributed by atoms with E-state index in [2.05, 4.69) is 33.3 Å². The average molecular weight is 320 g/mol. The van der Waals surface area contributed by atoms with E-state index in [-0.39, 0.29) is 0 Å². The lowest BCUT2D eigenvalue weighted by molar-refractivity contribution is 0.0389. The first-order valence-electron chi connectivity index (χ1n) is 7.10. The van der Waals surface area contributed by atoms with Gasteiger partial charge in [0.05, 0.1) is 13.2 Å². The Labute approximate surface area is 132 Å². The van der Waals surface area contributed by atoms with Gasteiger partial charge in [0.25, 0.3) is 0 Å². The summed E-state index contributed by atoms with van der Waals surface area (Å²) < 4.78 is 5.30. The van der Waals surface area contributed by atoms with Crippen LogP contribution in [0.25, 0.3) is 0 Å². The number of hydrazine groups is 1. The van der Waals surface area contributed by atoms with Crippen LogP contribution in [0.15, 0.2) is 0 Å². The SMILES string of the molecule is CCCCNC(=S)NNC(=S)NCCN1CCOCC1. The van der Waals surface area contributed by atoms with Gasteiger partial charge in [0, 0.05) is 32.7 Å². The highest BCUT2D eigenvalue weighted by atomic mass is 32.1. The van der Waals surface area contributed by atoms with E-state index in [4.69, 9.17) is 29.2 Å². The van der Waals surface area contributed by atoms with E-state index in [1.54, 1.807) is 0 Å². The Bertz CT molecular complexity index is 298. The minimum absolute atomic E-state index is 0.554. The third-order valence-electron chi connectivity index (χ3n) is 2.92. The first-order chi connectivity index (χ1) is 9.72. The highest BCUT2D eigenvalue weighted by Gasteiger charge is 2.09. The molecule has 8 heteroatoms. The molecular formula is C12H25N5OS2. The lowest BCUT2D eigenvalue weighted by Crippen LogP contribution is -2.51. The molecule has 1 rings (SSSR count). The number of nitrogens with zero attached hydrogens (tertiary/aromatic N) is 1. The number of nitrogens with one attached hydrogen (secondary N) is 4. The highest BCUT2D eigenvalue weighted by molar-refractivity contribution is 7.80. The minimum Gasteiger partial charge on any atom is -0.379 e. The smallest absolute Gasteiger partial charge is 0.185 e. The van der Waals surface area contributed by atoms with Gasteiger partial charge < -0.3 is 15.4 Å². The first-order valence-corrected chi connectivity index (χ1v) is 7.91. The molecule has 0 atom stereocenters. The molecule has 0 amide bonds. The average Bonchev–Trinajstić information content (AvgIpc) is 2.46. The maximum atomic E-state index is 5.30. The molecule has 1 fully saturated rings. The van der Waals surface area contributed by atoms with E-state index in [1.807, 2.05) is 0 Å². The molecule has 0 saturated carbocycles. The lowest BCUT2D eigenvalue weighted by Gasteiger charge is -2.26. The summed E-state index contributed by atoms with van der Waals surface area (Å²) >= 11 is 10.3. The molecule has 0 spiro atoms. The van der Waals surface area contributed by atoms with Crippen LogP contribution in [0, 0.1) is 0 Å². The molecule has 0 unspecified atom stereocenters. The van der Waals surface area contributed by atoms with Crippen LogP contribution in [0.5, 0.6) is 0 Å². The van der Waals surface area contributed by atoms with Crippen molar-refractivity contribution >= 4 is 34.7 Å². The normalized spacial score (nSPS) is 15.4. The zero-order valence-corrected chi connectivity index (χ0v) is 13.7. The molecule has 0 aromatic carbocycles. The highest BCUT2D eigenvalue weighted by Crippen LogP contribution is 1.94. The van der Waals surface area contributed by atoms with Crippen molar-refractivity contribution in [2.45, 2.75) is 19.8 Å². The van der Waals surface area contributed by atoms with Crippen LogP contribution in [0.1, 0.15) is 19.8 Å². The standard InChI is InChI=1S/C12H25N5OS2/c1-2-3-4-13-11(19)15-16-12(20)14-5-6-17-7-9-18-10-8-17/h2-10H2,1H3,(H2,13,15,19)(H2,14,16,20). The Morgan fingerprint density at radius 1 is 1.05 bits per heavy atom. The largest absolute Gasteiger partial charge is 0.379 e. The molecule has 1 heterocycles. The van der Waals surface area contributed by atoms with E-state index in [1.165, 1.54) is 0 Å². The molecule has 0 radical (unpaired) electrons. The van der Waals surface area contributed by atoms with Crippen molar-refractivity contribution in [2.75, 3.05) is 45.9 Å². The second-order valence-electron chi connectivity index (χ2n) is 4.57. The lowest BCUT2D eigenvalue weighted by atomic mass is 10.3. The Morgan fingerprint density at radius 3 is 2.25 bits per heavy atom. The van der Waals surface area contributed by atoms with Gasteiger partial charge in [-0.2, -0.15) is 0 Å². The number of hydrogen-bond acceptors (Lipinski definition) is 4. The van der Waals surface area contributed by atoms with Gasteiger partial charge in [-0.25, -0.2) is 0 Å². The number of unbranched alkanes of at least 4 members (excludes halogenated alkanes) is 1. The van der Waals surface area contributed by atoms with Gasteiger partial charge in [0.15, 0.2) is 10.2 Å². The van der Waals surface area contributed by atoms with Gasteiger partial charge >= 0.3 is 0 Å². The molecule has 116 valence electrons. The fourth-order valence-corrected chi connectivity index (χ4v) is 2.04. The van der Waals surface area contributed by atoms with Crippen LogP contribution >= 0.6 is 24.4 Å². The second-order valence-corrected chi connectivity index (χ2v) is 5.39. The van der Waals surface area contributed by atoms with Crippen molar-refractivity contribution in [1.29, 1.82) is 0 Å². The fourth-order valence-electron chi connectivity index (χ4n) is 1.73. The molecule has 6 nitrogen and oxygen atoms in total. The van der Waals surface area contributed by atoms with Gasteiger partial charge in [0.2, 0.25) is 0 Å². The molecule has 1 aliphatic rings. The summed E-state index contributed by atoms with van der Waals surface area (Å²) in [6, 6.07) is 0. The van der Waals surface area contributed by atoms with Gasteiger partial charge in [-0.3, -0.25) is 15.8 Å². The first kappa shape index (κ1) is 17.4. The predicted molar refractivity (Wildman–Crippen MR) is 89.6 cm³/mol. The molecule has 0 bridgehead atoms. The molecular weight excluding hydrogens is 294 g/mol. The van der Waals surface area contributed by atoms with E-state index in [0.29, 0.717) is 10.2 Å². The zero-order valence-electron chi connectivity index (χ0n) is 12.0. The molecule has 0 aromatic rings. The van der Waals surface area contributed by atoms with Crippen molar-refractivity contribution in [3.05, 3.63) is 0 Å². The summed E-state index contributed by atoms with van der Waals surface area (Å²) in [5.74, 6) is 0. The van der Waals surface area contributed by atoms with Crippen molar-refractivity contribution < 1.29 is 4.74 Å². The minimum atomic E-state index is 0.554. The van der Waals surface area contributed by atoms with Crippen LogP contribution in [-0.2, 0) is 4.74 Å². The quantitative estimate of drug-likeness (QED) is 0.309. The Balaban J connectivity index is 1.98. The van der Waals surface area contributed by atoms with Crippen LogP contribution in [0.2, 0.25) is 0 Å². The number of hydrogen-bond donors (Lipinski definition) is 4. The van der Waals surface area contributed by atoms with Gasteiger partial charge in [-0.15, -0.1) is 0 Å². The number of rotatable bonds is 6. The molecule has 4 N–H and O–H groups in total. The number of ether oxygens (including phenoxy) is 1. The maximum absolute atomic E-state index is 5.30. The topological polar surface area (TPSA) is 60.6 Å². The second kappa shape index (κ2) is 11.0. The Kier molecular flexibility index (Phi) is 9.56. The monoisotopic (exact) mass is 319 g/mol. The molecule has 1 aliphatic heterocycles. The summed E-state index contributed by atoms with van der Waals surface area (Å²) in [6.07, 6.45) is 2.24. The van der Waals surface area contributed by atoms with Crippen LogP contribution in [0.4, 0.5) is 0 Å². The van der Waals surface area contributed by atoms with Crippen molar-refractivity contribution in [2.24, 2.45) is 0 Å². The molecule has 20 heavy (non-hydrogen) atoms. The Morgan fingerprint density at radius 2 is 1.65 bits per heavy atom. The summed E-state index contributed by atoms with van der Waals surface area (Å²) in [5.41, 5.74) is 5.73. The fraction of sp³-hybridized carbons (Fsp3) is 0.833.